The first-order valence-corrected chi connectivity index (χ1v) is 7.84. The first-order valence-electron chi connectivity index (χ1n) is 6.96. The van der Waals surface area contributed by atoms with Gasteiger partial charge in [0.1, 0.15) is 0 Å². The summed E-state index contributed by atoms with van der Waals surface area (Å²) in [4.78, 5) is 8.89. The van der Waals surface area contributed by atoms with E-state index in [1.165, 1.54) is 37.7 Å². The van der Waals surface area contributed by atoms with Crippen LogP contribution < -0.4 is 5.32 Å². The van der Waals surface area contributed by atoms with Crippen molar-refractivity contribution in [3.05, 3.63) is 29.4 Å². The highest BCUT2D eigenvalue weighted by atomic mass is 32.1. The van der Waals surface area contributed by atoms with Crippen LogP contribution >= 0.6 is 11.3 Å². The van der Waals surface area contributed by atoms with E-state index in [9.17, 15) is 0 Å². The fourth-order valence-corrected chi connectivity index (χ4v) is 3.41. The van der Waals surface area contributed by atoms with Gasteiger partial charge in [-0.25, -0.2) is 4.98 Å². The molecule has 0 radical (unpaired) electrons. The molecule has 1 aliphatic rings. The van der Waals surface area contributed by atoms with Crippen LogP contribution in [0.2, 0.25) is 0 Å². The van der Waals surface area contributed by atoms with Crippen LogP contribution in [-0.2, 0) is 0 Å². The monoisotopic (exact) mass is 273 g/mol. The van der Waals surface area contributed by atoms with Gasteiger partial charge in [-0.15, -0.1) is 11.3 Å². The molecule has 0 amide bonds. The fourth-order valence-electron chi connectivity index (χ4n) is 2.62. The molecule has 3 rings (SSSR count). The Balaban J connectivity index is 1.74. The molecule has 19 heavy (non-hydrogen) atoms. The van der Waals surface area contributed by atoms with Crippen LogP contribution in [0.4, 0.5) is 5.13 Å². The normalized spacial score (nSPS) is 16.5. The Hall–Kier alpha value is -1.42. The molecule has 1 fully saturated rings. The van der Waals surface area contributed by atoms with E-state index >= 15 is 0 Å². The predicted octanol–water partition coefficient (Wildman–Crippen LogP) is 4.26. The largest absolute Gasteiger partial charge is 0.359 e. The lowest BCUT2D eigenvalue weighted by atomic mass is 9.96. The average Bonchev–Trinajstić information content (AvgIpc) is 2.89. The van der Waals surface area contributed by atoms with Gasteiger partial charge in [0, 0.05) is 29.4 Å². The molecule has 0 aromatic carbocycles. The number of aryl methyl sites for hydroxylation is 1. The third-order valence-corrected chi connectivity index (χ3v) is 4.53. The van der Waals surface area contributed by atoms with Crippen molar-refractivity contribution in [1.29, 1.82) is 0 Å². The molecule has 0 spiro atoms. The Labute approximate surface area is 118 Å². The second kappa shape index (κ2) is 5.70. The average molecular weight is 273 g/mol. The van der Waals surface area contributed by atoms with Gasteiger partial charge in [-0.2, -0.15) is 0 Å². The Kier molecular flexibility index (Phi) is 3.78. The fraction of sp³-hybridized carbons (Fsp3) is 0.467. The molecule has 0 bridgehead atoms. The molecule has 0 saturated heterocycles. The molecule has 1 aliphatic carbocycles. The van der Waals surface area contributed by atoms with Crippen molar-refractivity contribution >= 4 is 16.5 Å². The molecular formula is C15H19N3S. The maximum absolute atomic E-state index is 4.70. The zero-order chi connectivity index (χ0) is 13.1. The van der Waals surface area contributed by atoms with Gasteiger partial charge < -0.3 is 5.32 Å². The number of nitrogens with zero attached hydrogens (tertiary/aromatic N) is 2. The summed E-state index contributed by atoms with van der Waals surface area (Å²) in [5.41, 5.74) is 3.40. The minimum atomic E-state index is 0.614. The molecule has 2 aromatic heterocycles. The van der Waals surface area contributed by atoms with Crippen molar-refractivity contribution in [3.8, 4) is 11.3 Å². The number of aromatic nitrogens is 2. The number of hydrogen-bond donors (Lipinski definition) is 1. The summed E-state index contributed by atoms with van der Waals surface area (Å²) in [6.45, 7) is 2.10. The number of rotatable bonds is 3. The van der Waals surface area contributed by atoms with E-state index in [-0.39, 0.29) is 0 Å². The minimum Gasteiger partial charge on any atom is -0.359 e. The highest BCUT2D eigenvalue weighted by molar-refractivity contribution is 7.14. The smallest absolute Gasteiger partial charge is 0.183 e. The van der Waals surface area contributed by atoms with Gasteiger partial charge in [0.2, 0.25) is 0 Å². The highest BCUT2D eigenvalue weighted by Crippen LogP contribution is 2.28. The lowest BCUT2D eigenvalue weighted by Gasteiger charge is -2.22. The van der Waals surface area contributed by atoms with Crippen LogP contribution in [0.25, 0.3) is 11.3 Å². The van der Waals surface area contributed by atoms with Crippen LogP contribution in [0.5, 0.6) is 0 Å². The van der Waals surface area contributed by atoms with Crippen molar-refractivity contribution in [2.24, 2.45) is 0 Å². The maximum Gasteiger partial charge on any atom is 0.183 e. The zero-order valence-corrected chi connectivity index (χ0v) is 12.0. The Morgan fingerprint density at radius 3 is 2.89 bits per heavy atom. The number of nitrogens with one attached hydrogen (secondary N) is 1. The lowest BCUT2D eigenvalue weighted by Crippen LogP contribution is -2.21. The quantitative estimate of drug-likeness (QED) is 0.908. The summed E-state index contributed by atoms with van der Waals surface area (Å²) in [7, 11) is 0. The van der Waals surface area contributed by atoms with Crippen molar-refractivity contribution in [2.45, 2.75) is 45.1 Å². The van der Waals surface area contributed by atoms with Crippen molar-refractivity contribution < 1.29 is 0 Å². The van der Waals surface area contributed by atoms with Gasteiger partial charge in [0.25, 0.3) is 0 Å². The SMILES string of the molecule is Cc1ccncc1-c1csc(NC2CCCCC2)n1. The zero-order valence-electron chi connectivity index (χ0n) is 11.2. The first kappa shape index (κ1) is 12.6. The molecule has 4 heteroatoms. The topological polar surface area (TPSA) is 37.8 Å². The summed E-state index contributed by atoms with van der Waals surface area (Å²) < 4.78 is 0. The standard InChI is InChI=1S/C15H19N3S/c1-11-7-8-16-9-13(11)14-10-19-15(18-14)17-12-5-3-2-4-6-12/h7-10,12H,2-6H2,1H3,(H,17,18). The number of hydrogen-bond acceptors (Lipinski definition) is 4. The highest BCUT2D eigenvalue weighted by Gasteiger charge is 2.15. The van der Waals surface area contributed by atoms with Crippen LogP contribution in [-0.4, -0.2) is 16.0 Å². The van der Waals surface area contributed by atoms with Crippen LogP contribution in [0, 0.1) is 6.92 Å². The summed E-state index contributed by atoms with van der Waals surface area (Å²) in [6, 6.07) is 2.64. The van der Waals surface area contributed by atoms with E-state index in [2.05, 4.69) is 22.6 Å². The van der Waals surface area contributed by atoms with Gasteiger partial charge >= 0.3 is 0 Å². The van der Waals surface area contributed by atoms with Gasteiger partial charge in [-0.1, -0.05) is 19.3 Å². The van der Waals surface area contributed by atoms with Gasteiger partial charge in [-0.05, 0) is 31.4 Å². The van der Waals surface area contributed by atoms with E-state index in [1.54, 1.807) is 11.3 Å². The molecule has 100 valence electrons. The second-order valence-corrected chi connectivity index (χ2v) is 6.07. The Bertz CT molecular complexity index is 544. The molecule has 1 N–H and O–H groups in total. The Morgan fingerprint density at radius 1 is 1.26 bits per heavy atom. The molecule has 1 saturated carbocycles. The van der Waals surface area contributed by atoms with Crippen molar-refractivity contribution in [1.82, 2.24) is 9.97 Å². The summed E-state index contributed by atoms with van der Waals surface area (Å²) in [5, 5.41) is 6.74. The van der Waals surface area contributed by atoms with Crippen molar-refractivity contribution in [3.63, 3.8) is 0 Å². The van der Waals surface area contributed by atoms with E-state index in [1.807, 2.05) is 18.5 Å². The molecular weight excluding hydrogens is 254 g/mol. The Morgan fingerprint density at radius 2 is 2.11 bits per heavy atom. The van der Waals surface area contributed by atoms with Crippen LogP contribution in [0.15, 0.2) is 23.8 Å². The van der Waals surface area contributed by atoms with Gasteiger partial charge in [0.15, 0.2) is 5.13 Å². The molecule has 2 heterocycles. The molecule has 2 aromatic rings. The van der Waals surface area contributed by atoms with E-state index in [0.29, 0.717) is 6.04 Å². The van der Waals surface area contributed by atoms with E-state index < -0.39 is 0 Å². The minimum absolute atomic E-state index is 0.614. The molecule has 3 nitrogen and oxygen atoms in total. The third-order valence-electron chi connectivity index (χ3n) is 3.75. The predicted molar refractivity (Wildman–Crippen MR) is 80.6 cm³/mol. The van der Waals surface area contributed by atoms with Gasteiger partial charge in [-0.3, -0.25) is 4.98 Å². The third kappa shape index (κ3) is 2.95. The molecule has 0 aliphatic heterocycles. The first-order chi connectivity index (χ1) is 9.33. The maximum atomic E-state index is 4.70. The van der Waals surface area contributed by atoms with Crippen LogP contribution in [0.3, 0.4) is 0 Å². The summed E-state index contributed by atoms with van der Waals surface area (Å²) >= 11 is 1.70. The number of anilines is 1. The number of pyridine rings is 1. The van der Waals surface area contributed by atoms with E-state index in [4.69, 9.17) is 4.98 Å². The van der Waals surface area contributed by atoms with Crippen LogP contribution in [0.1, 0.15) is 37.7 Å². The summed E-state index contributed by atoms with van der Waals surface area (Å²) in [5.74, 6) is 0. The number of thiazole rings is 1. The summed E-state index contributed by atoms with van der Waals surface area (Å²) in [6.07, 6.45) is 10.4. The van der Waals surface area contributed by atoms with Crippen molar-refractivity contribution in [2.75, 3.05) is 5.32 Å². The van der Waals surface area contributed by atoms with Gasteiger partial charge in [0.05, 0.1) is 5.69 Å². The molecule has 0 atom stereocenters. The second-order valence-electron chi connectivity index (χ2n) is 5.21. The van der Waals surface area contributed by atoms with E-state index in [0.717, 1.165) is 16.4 Å². The lowest BCUT2D eigenvalue weighted by molar-refractivity contribution is 0.462. The molecule has 0 unspecified atom stereocenters.